The lowest BCUT2D eigenvalue weighted by Gasteiger charge is -2.32. The van der Waals surface area contributed by atoms with E-state index in [0.29, 0.717) is 19.8 Å². The fraction of sp³-hybridized carbons (Fsp3) is 0.684. The van der Waals surface area contributed by atoms with Crippen molar-refractivity contribution < 1.29 is 18.3 Å². The van der Waals surface area contributed by atoms with E-state index in [4.69, 9.17) is 4.74 Å². The molecule has 0 aromatic carbocycles. The van der Waals surface area contributed by atoms with Crippen molar-refractivity contribution in [1.82, 2.24) is 15.2 Å². The maximum Gasteiger partial charge on any atom is 0.280 e. The molecule has 0 spiro atoms. The smallest absolute Gasteiger partial charge is 0.280 e. The van der Waals surface area contributed by atoms with E-state index in [1.807, 2.05) is 6.07 Å². The van der Waals surface area contributed by atoms with E-state index in [1.54, 1.807) is 6.07 Å². The van der Waals surface area contributed by atoms with E-state index in [9.17, 15) is 13.6 Å². The second-order valence-corrected chi connectivity index (χ2v) is 7.08. The van der Waals surface area contributed by atoms with Gasteiger partial charge in [0.05, 0.1) is 0 Å². The lowest BCUT2D eigenvalue weighted by atomic mass is 9.93. The number of carbonyl (C=O) groups is 1. The van der Waals surface area contributed by atoms with Crippen LogP contribution in [0.25, 0.3) is 0 Å². The van der Waals surface area contributed by atoms with Crippen LogP contribution in [0.4, 0.5) is 8.78 Å². The molecule has 0 bridgehead atoms. The Bertz CT molecular complexity index is 586. The Labute approximate surface area is 153 Å². The summed E-state index contributed by atoms with van der Waals surface area (Å²) < 4.78 is 30.9. The van der Waals surface area contributed by atoms with Gasteiger partial charge in [-0.15, -0.1) is 0 Å². The average Bonchev–Trinajstić information content (AvgIpc) is 2.69. The average molecular weight is 367 g/mol. The summed E-state index contributed by atoms with van der Waals surface area (Å²) in [6, 6.07) is 4.90. The van der Waals surface area contributed by atoms with Crippen LogP contribution in [-0.4, -0.2) is 55.2 Å². The summed E-state index contributed by atoms with van der Waals surface area (Å²) in [5.41, 5.74) is 0.635. The molecule has 1 aromatic heterocycles. The highest BCUT2D eigenvalue weighted by molar-refractivity contribution is 5.78. The number of amides is 1. The first kappa shape index (κ1) is 19.2. The molecule has 1 aromatic rings. The SMILES string of the molecule is O=C(NCCN1CCC(c2cccc(C(F)F)n2)CC1)C1CCOCC1. The fourth-order valence-electron chi connectivity index (χ4n) is 3.71. The van der Waals surface area contributed by atoms with E-state index in [0.717, 1.165) is 51.0 Å². The Hall–Kier alpha value is -1.60. The molecule has 7 heteroatoms. The number of halogens is 2. The minimum atomic E-state index is -2.52. The second kappa shape index (κ2) is 9.37. The van der Waals surface area contributed by atoms with Gasteiger partial charge in [-0.1, -0.05) is 6.07 Å². The lowest BCUT2D eigenvalue weighted by Crippen LogP contribution is -2.41. The van der Waals surface area contributed by atoms with Gasteiger partial charge in [-0.25, -0.2) is 8.78 Å². The number of ether oxygens (including phenoxy) is 1. The molecule has 2 aliphatic rings. The van der Waals surface area contributed by atoms with Crippen LogP contribution in [0.1, 0.15) is 49.4 Å². The van der Waals surface area contributed by atoms with Crippen molar-refractivity contribution in [3.63, 3.8) is 0 Å². The van der Waals surface area contributed by atoms with Gasteiger partial charge < -0.3 is 15.0 Å². The minimum absolute atomic E-state index is 0.0858. The maximum atomic E-state index is 12.8. The van der Waals surface area contributed by atoms with Gasteiger partial charge in [0.2, 0.25) is 5.91 Å². The Morgan fingerprint density at radius 3 is 2.65 bits per heavy atom. The van der Waals surface area contributed by atoms with Crippen molar-refractivity contribution in [2.75, 3.05) is 39.4 Å². The van der Waals surface area contributed by atoms with Gasteiger partial charge in [-0.2, -0.15) is 0 Å². The summed E-state index contributed by atoms with van der Waals surface area (Å²) in [6.07, 6.45) is 0.916. The summed E-state index contributed by atoms with van der Waals surface area (Å²) in [4.78, 5) is 18.5. The standard InChI is InChI=1S/C19H27F2N3O2/c20-18(21)17-3-1-2-16(23-17)14-4-9-24(10-5-14)11-8-22-19(25)15-6-12-26-13-7-15/h1-3,14-15,18H,4-13H2,(H,22,25). The van der Waals surface area contributed by atoms with E-state index in [-0.39, 0.29) is 23.4 Å². The minimum Gasteiger partial charge on any atom is -0.381 e. The first-order chi connectivity index (χ1) is 12.6. The molecule has 3 heterocycles. The monoisotopic (exact) mass is 367 g/mol. The van der Waals surface area contributed by atoms with Crippen molar-refractivity contribution in [3.8, 4) is 0 Å². The molecule has 3 rings (SSSR count). The molecule has 0 unspecified atom stereocenters. The maximum absolute atomic E-state index is 12.8. The normalized spacial score (nSPS) is 20.4. The van der Waals surface area contributed by atoms with Crippen LogP contribution in [0.5, 0.6) is 0 Å². The van der Waals surface area contributed by atoms with Crippen LogP contribution in [0, 0.1) is 5.92 Å². The second-order valence-electron chi connectivity index (χ2n) is 7.08. The van der Waals surface area contributed by atoms with Crippen molar-refractivity contribution in [2.45, 2.75) is 38.0 Å². The highest BCUT2D eigenvalue weighted by atomic mass is 19.3. The molecule has 0 aliphatic carbocycles. The summed E-state index contributed by atoms with van der Waals surface area (Å²) in [5.74, 6) is 0.459. The molecule has 26 heavy (non-hydrogen) atoms. The molecule has 5 nitrogen and oxygen atoms in total. The van der Waals surface area contributed by atoms with Crippen LogP contribution in [0.15, 0.2) is 18.2 Å². The largest absolute Gasteiger partial charge is 0.381 e. The van der Waals surface area contributed by atoms with Crippen LogP contribution in [-0.2, 0) is 9.53 Å². The summed E-state index contributed by atoms with van der Waals surface area (Å²) in [5, 5.41) is 3.03. The Balaban J connectivity index is 1.38. The number of hydrogen-bond acceptors (Lipinski definition) is 4. The van der Waals surface area contributed by atoms with Gasteiger partial charge in [0.1, 0.15) is 5.69 Å². The Morgan fingerprint density at radius 1 is 1.23 bits per heavy atom. The van der Waals surface area contributed by atoms with Crippen molar-refractivity contribution in [1.29, 1.82) is 0 Å². The molecule has 2 saturated heterocycles. The quantitative estimate of drug-likeness (QED) is 0.840. The van der Waals surface area contributed by atoms with Gasteiger partial charge in [0.15, 0.2) is 0 Å². The van der Waals surface area contributed by atoms with Gasteiger partial charge in [-0.3, -0.25) is 9.78 Å². The van der Waals surface area contributed by atoms with Crippen LogP contribution >= 0.6 is 0 Å². The Kier molecular flexibility index (Phi) is 6.91. The number of nitrogens with one attached hydrogen (secondary N) is 1. The predicted molar refractivity (Wildman–Crippen MR) is 94.2 cm³/mol. The molecule has 2 aliphatic heterocycles. The topological polar surface area (TPSA) is 54.5 Å². The van der Waals surface area contributed by atoms with Crippen molar-refractivity contribution in [2.24, 2.45) is 5.92 Å². The Morgan fingerprint density at radius 2 is 1.96 bits per heavy atom. The zero-order valence-corrected chi connectivity index (χ0v) is 15.0. The molecule has 0 radical (unpaired) electrons. The molecule has 0 atom stereocenters. The number of carbonyl (C=O) groups excluding carboxylic acids is 1. The fourth-order valence-corrected chi connectivity index (χ4v) is 3.71. The van der Waals surface area contributed by atoms with Gasteiger partial charge in [0, 0.05) is 43.8 Å². The molecule has 1 N–H and O–H groups in total. The zero-order chi connectivity index (χ0) is 18.4. The lowest BCUT2D eigenvalue weighted by molar-refractivity contribution is -0.127. The number of aromatic nitrogens is 1. The number of alkyl halides is 2. The number of nitrogens with zero attached hydrogens (tertiary/aromatic N) is 2. The van der Waals surface area contributed by atoms with Crippen LogP contribution in [0.3, 0.4) is 0 Å². The highest BCUT2D eigenvalue weighted by Gasteiger charge is 2.24. The van der Waals surface area contributed by atoms with Gasteiger partial charge in [0.25, 0.3) is 6.43 Å². The van der Waals surface area contributed by atoms with E-state index in [1.165, 1.54) is 6.07 Å². The van der Waals surface area contributed by atoms with Crippen LogP contribution < -0.4 is 5.32 Å². The number of hydrogen-bond donors (Lipinski definition) is 1. The highest BCUT2D eigenvalue weighted by Crippen LogP contribution is 2.28. The van der Waals surface area contributed by atoms with Crippen molar-refractivity contribution in [3.05, 3.63) is 29.6 Å². The van der Waals surface area contributed by atoms with E-state index < -0.39 is 6.43 Å². The first-order valence-electron chi connectivity index (χ1n) is 9.46. The molecular formula is C19H27F2N3O2. The van der Waals surface area contributed by atoms with E-state index >= 15 is 0 Å². The summed E-state index contributed by atoms with van der Waals surface area (Å²) in [6.45, 7) is 4.63. The molecular weight excluding hydrogens is 340 g/mol. The number of piperidine rings is 1. The zero-order valence-electron chi connectivity index (χ0n) is 15.0. The third kappa shape index (κ3) is 5.20. The van der Waals surface area contributed by atoms with E-state index in [2.05, 4.69) is 15.2 Å². The van der Waals surface area contributed by atoms with Crippen molar-refractivity contribution >= 4 is 5.91 Å². The molecule has 0 saturated carbocycles. The number of likely N-dealkylation sites (tertiary alicyclic amines) is 1. The number of pyridine rings is 1. The summed E-state index contributed by atoms with van der Waals surface area (Å²) >= 11 is 0. The predicted octanol–water partition coefficient (Wildman–Crippen LogP) is 2.74. The third-order valence-corrected chi connectivity index (χ3v) is 5.34. The third-order valence-electron chi connectivity index (χ3n) is 5.34. The van der Waals surface area contributed by atoms with Gasteiger partial charge in [-0.05, 0) is 50.9 Å². The first-order valence-corrected chi connectivity index (χ1v) is 9.46. The molecule has 2 fully saturated rings. The van der Waals surface area contributed by atoms with Gasteiger partial charge >= 0.3 is 0 Å². The van der Waals surface area contributed by atoms with Crippen LogP contribution in [0.2, 0.25) is 0 Å². The molecule has 1 amide bonds. The number of rotatable bonds is 6. The molecule has 144 valence electrons. The summed E-state index contributed by atoms with van der Waals surface area (Å²) in [7, 11) is 0.